The minimum absolute atomic E-state index is 0.0322. The van der Waals surface area contributed by atoms with Crippen LogP contribution in [0.15, 0.2) is 46.4 Å². The van der Waals surface area contributed by atoms with Crippen LogP contribution in [0.5, 0.6) is 17.2 Å². The van der Waals surface area contributed by atoms with Crippen molar-refractivity contribution in [3.63, 3.8) is 0 Å². The third-order valence-electron chi connectivity index (χ3n) is 3.69. The van der Waals surface area contributed by atoms with Gasteiger partial charge in [-0.3, -0.25) is 4.79 Å². The molecule has 0 saturated carbocycles. The Bertz CT molecular complexity index is 948. The van der Waals surface area contributed by atoms with Gasteiger partial charge in [0.25, 0.3) is 5.91 Å². The van der Waals surface area contributed by atoms with E-state index >= 15 is 0 Å². The van der Waals surface area contributed by atoms with Crippen LogP contribution in [0.4, 0.5) is 5.69 Å². The smallest absolute Gasteiger partial charge is 0.266 e. The van der Waals surface area contributed by atoms with Gasteiger partial charge < -0.3 is 19.5 Å². The number of nitriles is 1. The van der Waals surface area contributed by atoms with Crippen molar-refractivity contribution in [1.29, 1.82) is 5.26 Å². The van der Waals surface area contributed by atoms with Gasteiger partial charge in [0.2, 0.25) is 0 Å². The van der Waals surface area contributed by atoms with Crippen molar-refractivity contribution in [3.05, 3.63) is 52.0 Å². The van der Waals surface area contributed by atoms with Gasteiger partial charge in [0, 0.05) is 11.8 Å². The van der Waals surface area contributed by atoms with Gasteiger partial charge in [-0.25, -0.2) is 0 Å². The van der Waals surface area contributed by atoms with E-state index in [0.29, 0.717) is 39.6 Å². The van der Waals surface area contributed by atoms with E-state index in [0.717, 1.165) is 0 Å². The lowest BCUT2D eigenvalue weighted by atomic mass is 10.1. The minimum atomic E-state index is -0.516. The molecule has 2 aromatic rings. The quantitative estimate of drug-likeness (QED) is 0.434. The molecule has 6 nitrogen and oxygen atoms in total. The molecule has 0 fully saturated rings. The molecule has 2 aromatic carbocycles. The second-order valence-electron chi connectivity index (χ2n) is 6.29. The molecular weight excluding hydrogens is 436 g/mol. The van der Waals surface area contributed by atoms with Crippen molar-refractivity contribution >= 4 is 33.6 Å². The lowest BCUT2D eigenvalue weighted by Crippen LogP contribution is -2.13. The van der Waals surface area contributed by atoms with Crippen LogP contribution in [0.1, 0.15) is 26.3 Å². The Morgan fingerprint density at radius 2 is 2.07 bits per heavy atom. The Kier molecular flexibility index (Phi) is 8.10. The molecule has 0 radical (unpaired) electrons. The number of hydrogen-bond donors (Lipinski definition) is 1. The normalized spacial score (nSPS) is 11.0. The summed E-state index contributed by atoms with van der Waals surface area (Å²) in [6.07, 6.45) is 1.47. The van der Waals surface area contributed by atoms with Crippen LogP contribution in [0.25, 0.3) is 6.08 Å². The Morgan fingerprint density at radius 1 is 1.31 bits per heavy atom. The van der Waals surface area contributed by atoms with E-state index in [1.807, 2.05) is 26.8 Å². The first-order valence-electron chi connectivity index (χ1n) is 9.08. The number of anilines is 1. The molecular formula is C22H23BrN2O4. The molecule has 29 heavy (non-hydrogen) atoms. The SMILES string of the molecule is CCOc1cc(/C=C(/C#N)C(=O)Nc2cccc(OC)c2)cc(Br)c1OC(C)C. The Labute approximate surface area is 179 Å². The van der Waals surface area contributed by atoms with Gasteiger partial charge >= 0.3 is 0 Å². The molecule has 152 valence electrons. The number of rotatable bonds is 8. The van der Waals surface area contributed by atoms with Gasteiger partial charge in [-0.05, 0) is 72.6 Å². The number of halogens is 1. The fourth-order valence-electron chi connectivity index (χ4n) is 2.50. The second-order valence-corrected chi connectivity index (χ2v) is 7.14. The molecule has 0 heterocycles. The topological polar surface area (TPSA) is 80.6 Å². The average molecular weight is 459 g/mol. The fraction of sp³-hybridized carbons (Fsp3) is 0.273. The molecule has 0 aromatic heterocycles. The summed E-state index contributed by atoms with van der Waals surface area (Å²) >= 11 is 3.48. The second kappa shape index (κ2) is 10.5. The van der Waals surface area contributed by atoms with Crippen molar-refractivity contribution in [3.8, 4) is 23.3 Å². The number of hydrogen-bond acceptors (Lipinski definition) is 5. The maximum absolute atomic E-state index is 12.5. The summed E-state index contributed by atoms with van der Waals surface area (Å²) in [5.41, 5.74) is 1.13. The summed E-state index contributed by atoms with van der Waals surface area (Å²) in [7, 11) is 1.54. The van der Waals surface area contributed by atoms with Crippen molar-refractivity contribution in [2.45, 2.75) is 26.9 Å². The summed E-state index contributed by atoms with van der Waals surface area (Å²) in [4.78, 5) is 12.5. The summed E-state index contributed by atoms with van der Waals surface area (Å²) < 4.78 is 17.3. The molecule has 0 aliphatic carbocycles. The summed E-state index contributed by atoms with van der Waals surface area (Å²) in [5.74, 6) is 1.21. The first kappa shape index (κ1) is 22.3. The maximum Gasteiger partial charge on any atom is 0.266 e. The number of benzene rings is 2. The van der Waals surface area contributed by atoms with Crippen molar-refractivity contribution in [2.75, 3.05) is 19.0 Å². The van der Waals surface area contributed by atoms with Gasteiger partial charge in [0.15, 0.2) is 11.5 Å². The van der Waals surface area contributed by atoms with Crippen LogP contribution in [0, 0.1) is 11.3 Å². The average Bonchev–Trinajstić information content (AvgIpc) is 2.68. The number of amides is 1. The van der Waals surface area contributed by atoms with Crippen LogP contribution in [0.3, 0.4) is 0 Å². The van der Waals surface area contributed by atoms with Crippen LogP contribution in [-0.2, 0) is 4.79 Å². The van der Waals surface area contributed by atoms with Crippen LogP contribution < -0.4 is 19.5 Å². The van der Waals surface area contributed by atoms with Gasteiger partial charge in [0.1, 0.15) is 17.4 Å². The zero-order chi connectivity index (χ0) is 21.4. The Balaban J connectivity index is 2.33. The highest BCUT2D eigenvalue weighted by Gasteiger charge is 2.15. The molecule has 1 amide bonds. The van der Waals surface area contributed by atoms with Gasteiger partial charge in [0.05, 0.1) is 24.3 Å². The molecule has 2 rings (SSSR count). The molecule has 0 spiro atoms. The van der Waals surface area contributed by atoms with E-state index < -0.39 is 5.91 Å². The predicted molar refractivity (Wildman–Crippen MR) is 116 cm³/mol. The first-order chi connectivity index (χ1) is 13.9. The van der Waals surface area contributed by atoms with Gasteiger partial charge in [-0.1, -0.05) is 6.07 Å². The summed E-state index contributed by atoms with van der Waals surface area (Å²) in [5, 5.41) is 12.2. The monoisotopic (exact) mass is 458 g/mol. The highest BCUT2D eigenvalue weighted by atomic mass is 79.9. The fourth-order valence-corrected chi connectivity index (χ4v) is 3.05. The summed E-state index contributed by atoms with van der Waals surface area (Å²) in [6, 6.07) is 12.4. The first-order valence-corrected chi connectivity index (χ1v) is 9.87. The molecule has 0 saturated heterocycles. The molecule has 1 N–H and O–H groups in total. The lowest BCUT2D eigenvalue weighted by Gasteiger charge is -2.17. The van der Waals surface area contributed by atoms with Crippen LogP contribution >= 0.6 is 15.9 Å². The summed E-state index contributed by atoms with van der Waals surface area (Å²) in [6.45, 7) is 6.17. The third-order valence-corrected chi connectivity index (χ3v) is 4.28. The van der Waals surface area contributed by atoms with Crippen molar-refractivity contribution in [1.82, 2.24) is 0 Å². The predicted octanol–water partition coefficient (Wildman–Crippen LogP) is 5.19. The standard InChI is InChI=1S/C22H23BrN2O4/c1-5-28-20-11-15(10-19(23)21(20)29-14(2)3)9-16(13-24)22(26)25-17-7-6-8-18(12-17)27-4/h6-12,14H,5H2,1-4H3,(H,25,26)/b16-9-. The number of methoxy groups -OCH3 is 1. The molecule has 0 unspecified atom stereocenters. The third kappa shape index (κ3) is 6.26. The molecule has 0 bridgehead atoms. The zero-order valence-corrected chi connectivity index (χ0v) is 18.4. The van der Waals surface area contributed by atoms with Gasteiger partial charge in [-0.15, -0.1) is 0 Å². The van der Waals surface area contributed by atoms with Crippen LogP contribution in [-0.4, -0.2) is 25.7 Å². The number of nitrogens with zero attached hydrogens (tertiary/aromatic N) is 1. The number of carbonyl (C=O) groups is 1. The Hall–Kier alpha value is -2.98. The Morgan fingerprint density at radius 3 is 2.69 bits per heavy atom. The van der Waals surface area contributed by atoms with Gasteiger partial charge in [-0.2, -0.15) is 5.26 Å². The lowest BCUT2D eigenvalue weighted by molar-refractivity contribution is -0.112. The highest BCUT2D eigenvalue weighted by molar-refractivity contribution is 9.10. The van der Waals surface area contributed by atoms with E-state index in [2.05, 4.69) is 21.2 Å². The molecule has 0 aliphatic heterocycles. The minimum Gasteiger partial charge on any atom is -0.497 e. The highest BCUT2D eigenvalue weighted by Crippen LogP contribution is 2.38. The van der Waals surface area contributed by atoms with Crippen LogP contribution in [0.2, 0.25) is 0 Å². The van der Waals surface area contributed by atoms with E-state index in [-0.39, 0.29) is 11.7 Å². The van der Waals surface area contributed by atoms with Crippen molar-refractivity contribution < 1.29 is 19.0 Å². The molecule has 0 aliphatic rings. The maximum atomic E-state index is 12.5. The molecule has 0 atom stereocenters. The number of ether oxygens (including phenoxy) is 3. The molecule has 7 heteroatoms. The zero-order valence-electron chi connectivity index (χ0n) is 16.8. The van der Waals surface area contributed by atoms with E-state index in [1.54, 1.807) is 43.5 Å². The van der Waals surface area contributed by atoms with Crippen molar-refractivity contribution in [2.24, 2.45) is 0 Å². The number of nitrogens with one attached hydrogen (secondary N) is 1. The largest absolute Gasteiger partial charge is 0.497 e. The number of carbonyl (C=O) groups excluding carboxylic acids is 1. The van der Waals surface area contributed by atoms with E-state index in [1.165, 1.54) is 6.08 Å². The van der Waals surface area contributed by atoms with E-state index in [4.69, 9.17) is 14.2 Å². The van der Waals surface area contributed by atoms with E-state index in [9.17, 15) is 10.1 Å².